The number of hydrogen-bond donors (Lipinski definition) is 2. The van der Waals surface area contributed by atoms with Crippen molar-refractivity contribution in [2.45, 2.75) is 44.6 Å². The van der Waals surface area contributed by atoms with Crippen molar-refractivity contribution >= 4 is 5.95 Å². The third-order valence-corrected chi connectivity index (χ3v) is 4.35. The molecule has 1 aromatic rings. The summed E-state index contributed by atoms with van der Waals surface area (Å²) in [5.74, 6) is 2.35. The van der Waals surface area contributed by atoms with E-state index < -0.39 is 0 Å². The Bertz CT molecular complexity index is 415. The van der Waals surface area contributed by atoms with Crippen LogP contribution in [0.4, 0.5) is 5.95 Å². The van der Waals surface area contributed by atoms with Gasteiger partial charge in [0.2, 0.25) is 5.95 Å². The van der Waals surface area contributed by atoms with Gasteiger partial charge in [-0.25, -0.2) is 0 Å². The highest BCUT2D eigenvalue weighted by Gasteiger charge is 2.22. The maximum absolute atomic E-state index is 5.78. The van der Waals surface area contributed by atoms with Gasteiger partial charge >= 0.3 is 0 Å². The zero-order valence-corrected chi connectivity index (χ0v) is 12.1. The molecule has 2 unspecified atom stereocenters. The van der Waals surface area contributed by atoms with Crippen LogP contribution in [-0.2, 0) is 11.2 Å². The van der Waals surface area contributed by atoms with E-state index in [0.29, 0.717) is 12.0 Å². The maximum atomic E-state index is 5.78. The van der Waals surface area contributed by atoms with Crippen LogP contribution in [0.3, 0.4) is 0 Å². The van der Waals surface area contributed by atoms with Crippen molar-refractivity contribution in [3.63, 3.8) is 0 Å². The summed E-state index contributed by atoms with van der Waals surface area (Å²) in [6.07, 6.45) is 7.14. The van der Waals surface area contributed by atoms with E-state index in [9.17, 15) is 0 Å². The Balaban J connectivity index is 1.58. The monoisotopic (exact) mass is 279 g/mol. The van der Waals surface area contributed by atoms with Gasteiger partial charge in [-0.15, -0.1) is 5.10 Å². The normalized spacial score (nSPS) is 27.8. The second kappa shape index (κ2) is 6.54. The van der Waals surface area contributed by atoms with E-state index in [1.807, 2.05) is 0 Å². The minimum atomic E-state index is 0.308. The van der Waals surface area contributed by atoms with E-state index in [4.69, 9.17) is 10.5 Å². The number of aromatic nitrogens is 3. The number of hydrogen-bond acceptors (Lipinski definition) is 5. The fourth-order valence-corrected chi connectivity index (χ4v) is 3.14. The van der Waals surface area contributed by atoms with Gasteiger partial charge < -0.3 is 15.4 Å². The molecule has 0 amide bonds. The number of piperidine rings is 1. The van der Waals surface area contributed by atoms with Gasteiger partial charge in [-0.3, -0.25) is 5.10 Å². The van der Waals surface area contributed by atoms with E-state index in [1.54, 1.807) is 0 Å². The minimum absolute atomic E-state index is 0.308. The summed E-state index contributed by atoms with van der Waals surface area (Å²) < 4.78 is 5.75. The number of nitrogens with zero attached hydrogens (tertiary/aromatic N) is 3. The molecule has 2 saturated heterocycles. The van der Waals surface area contributed by atoms with Gasteiger partial charge in [0.25, 0.3) is 0 Å². The van der Waals surface area contributed by atoms with Crippen LogP contribution in [0, 0.1) is 5.92 Å². The number of nitrogens with one attached hydrogen (secondary N) is 1. The van der Waals surface area contributed by atoms with Crippen molar-refractivity contribution in [3.05, 3.63) is 5.82 Å². The van der Waals surface area contributed by atoms with E-state index in [1.165, 1.54) is 25.7 Å². The third-order valence-electron chi connectivity index (χ3n) is 4.35. The predicted octanol–water partition coefficient (Wildman–Crippen LogP) is 1.09. The lowest BCUT2D eigenvalue weighted by atomic mass is 9.99. The van der Waals surface area contributed by atoms with E-state index in [2.05, 4.69) is 20.1 Å². The number of ether oxygens (including phenoxy) is 1. The Labute approximate surface area is 120 Å². The van der Waals surface area contributed by atoms with Gasteiger partial charge in [0.1, 0.15) is 5.82 Å². The maximum Gasteiger partial charge on any atom is 0.244 e. The Kier molecular flexibility index (Phi) is 4.52. The number of nitrogens with two attached hydrogens (primary N) is 1. The molecule has 1 aromatic heterocycles. The van der Waals surface area contributed by atoms with Crippen LogP contribution in [0.5, 0.6) is 0 Å². The molecule has 3 N–H and O–H groups in total. The first-order valence-electron chi connectivity index (χ1n) is 7.83. The van der Waals surface area contributed by atoms with Crippen molar-refractivity contribution in [1.29, 1.82) is 0 Å². The number of anilines is 1. The molecule has 2 fully saturated rings. The van der Waals surface area contributed by atoms with E-state index in [-0.39, 0.29) is 0 Å². The van der Waals surface area contributed by atoms with Gasteiger partial charge in [0.05, 0.1) is 6.10 Å². The molecule has 2 aliphatic rings. The number of rotatable bonds is 4. The number of H-pyrrole nitrogens is 1. The van der Waals surface area contributed by atoms with Crippen LogP contribution in [-0.4, -0.2) is 47.5 Å². The first-order valence-corrected chi connectivity index (χ1v) is 7.83. The fourth-order valence-electron chi connectivity index (χ4n) is 3.14. The first kappa shape index (κ1) is 13.8. The second-order valence-corrected chi connectivity index (χ2v) is 5.96. The van der Waals surface area contributed by atoms with Gasteiger partial charge in [-0.1, -0.05) is 0 Å². The molecule has 6 nitrogen and oxygen atoms in total. The first-order chi connectivity index (χ1) is 9.85. The molecule has 2 atom stereocenters. The average molecular weight is 279 g/mol. The smallest absolute Gasteiger partial charge is 0.244 e. The molecule has 0 radical (unpaired) electrons. The minimum Gasteiger partial charge on any atom is -0.378 e. The summed E-state index contributed by atoms with van der Waals surface area (Å²) in [6, 6.07) is 0. The van der Waals surface area contributed by atoms with Gasteiger partial charge in [-0.2, -0.15) is 4.98 Å². The van der Waals surface area contributed by atoms with Gasteiger partial charge in [0.15, 0.2) is 0 Å². The lowest BCUT2D eigenvalue weighted by Gasteiger charge is -2.31. The standard InChI is InChI=1S/C14H25N5O/c15-9-11-4-3-6-19(10-11)14-16-13(17-18-14)8-12-5-1-2-7-20-12/h11-12H,1-10,15H2,(H,16,17,18). The SMILES string of the molecule is NCC1CCCN(c2n[nH]c(CC3CCCCO3)n2)C1. The van der Waals surface area contributed by atoms with Crippen LogP contribution >= 0.6 is 0 Å². The van der Waals surface area contributed by atoms with Crippen molar-refractivity contribution in [1.82, 2.24) is 15.2 Å². The van der Waals surface area contributed by atoms with Crippen molar-refractivity contribution in [2.24, 2.45) is 11.7 Å². The molecule has 2 aliphatic heterocycles. The molecule has 20 heavy (non-hydrogen) atoms. The Morgan fingerprint density at radius 1 is 1.30 bits per heavy atom. The predicted molar refractivity (Wildman–Crippen MR) is 77.7 cm³/mol. The van der Waals surface area contributed by atoms with E-state index in [0.717, 1.165) is 50.9 Å². The summed E-state index contributed by atoms with van der Waals surface area (Å²) in [6.45, 7) is 3.65. The molecule has 3 heterocycles. The molecule has 0 spiro atoms. The summed E-state index contributed by atoms with van der Waals surface area (Å²) in [5, 5.41) is 7.44. The van der Waals surface area contributed by atoms with Crippen LogP contribution in [0.25, 0.3) is 0 Å². The highest BCUT2D eigenvalue weighted by atomic mass is 16.5. The summed E-state index contributed by atoms with van der Waals surface area (Å²) in [7, 11) is 0. The second-order valence-electron chi connectivity index (χ2n) is 5.96. The molecule has 0 aliphatic carbocycles. The van der Waals surface area contributed by atoms with Gasteiger partial charge in [-0.05, 0) is 44.6 Å². The Hall–Kier alpha value is -1.14. The molecule has 6 heteroatoms. The molecule has 0 bridgehead atoms. The summed E-state index contributed by atoms with van der Waals surface area (Å²) in [5.41, 5.74) is 5.78. The lowest BCUT2D eigenvalue weighted by molar-refractivity contribution is 0.0157. The van der Waals surface area contributed by atoms with E-state index >= 15 is 0 Å². The van der Waals surface area contributed by atoms with Crippen molar-refractivity contribution in [2.75, 3.05) is 31.1 Å². The topological polar surface area (TPSA) is 80.1 Å². The highest BCUT2D eigenvalue weighted by Crippen LogP contribution is 2.21. The lowest BCUT2D eigenvalue weighted by Crippen LogP contribution is -2.39. The third kappa shape index (κ3) is 3.30. The highest BCUT2D eigenvalue weighted by molar-refractivity contribution is 5.29. The molecular formula is C14H25N5O. The fraction of sp³-hybridized carbons (Fsp3) is 0.857. The molecule has 3 rings (SSSR count). The van der Waals surface area contributed by atoms with Crippen LogP contribution in [0.1, 0.15) is 37.9 Å². The zero-order chi connectivity index (χ0) is 13.8. The Morgan fingerprint density at radius 2 is 2.25 bits per heavy atom. The zero-order valence-electron chi connectivity index (χ0n) is 12.1. The largest absolute Gasteiger partial charge is 0.378 e. The molecular weight excluding hydrogens is 254 g/mol. The summed E-state index contributed by atoms with van der Waals surface area (Å²) >= 11 is 0. The molecule has 0 aromatic carbocycles. The van der Waals surface area contributed by atoms with Crippen LogP contribution in [0.15, 0.2) is 0 Å². The van der Waals surface area contributed by atoms with Crippen molar-refractivity contribution < 1.29 is 4.74 Å². The average Bonchev–Trinajstić information content (AvgIpc) is 2.97. The van der Waals surface area contributed by atoms with Crippen molar-refractivity contribution in [3.8, 4) is 0 Å². The molecule has 0 saturated carbocycles. The van der Waals surface area contributed by atoms with Crippen LogP contribution in [0.2, 0.25) is 0 Å². The Morgan fingerprint density at radius 3 is 3.05 bits per heavy atom. The van der Waals surface area contributed by atoms with Gasteiger partial charge in [0, 0.05) is 26.1 Å². The van der Waals surface area contributed by atoms with Crippen LogP contribution < -0.4 is 10.6 Å². The number of aromatic amines is 1. The quantitative estimate of drug-likeness (QED) is 0.862. The molecule has 112 valence electrons. The summed E-state index contributed by atoms with van der Waals surface area (Å²) in [4.78, 5) is 6.89.